The fourth-order valence-corrected chi connectivity index (χ4v) is 2.94. The molecule has 0 aromatic carbocycles. The van der Waals surface area contributed by atoms with Crippen LogP contribution in [-0.4, -0.2) is 29.5 Å². The van der Waals surface area contributed by atoms with Gasteiger partial charge in [0.25, 0.3) is 0 Å². The molecule has 0 bridgehead atoms. The van der Waals surface area contributed by atoms with E-state index in [9.17, 15) is 0 Å². The summed E-state index contributed by atoms with van der Waals surface area (Å²) >= 11 is 0. The van der Waals surface area contributed by atoms with Crippen LogP contribution < -0.4 is 5.32 Å². The molecule has 25 heavy (non-hydrogen) atoms. The SMILES string of the molecule is C1=C(c2ccn3nccc3n2)c2cnc(Nc3ccncc3)nc2C1. The first-order valence-corrected chi connectivity index (χ1v) is 7.91. The first-order chi connectivity index (χ1) is 12.4. The van der Waals surface area contributed by atoms with E-state index in [0.29, 0.717) is 5.95 Å². The third-order valence-electron chi connectivity index (χ3n) is 4.13. The lowest BCUT2D eigenvalue weighted by atomic mass is 10.1. The third kappa shape index (κ3) is 2.42. The number of hydrogen-bond donors (Lipinski definition) is 1. The summed E-state index contributed by atoms with van der Waals surface area (Å²) in [6.07, 6.45) is 11.9. The van der Waals surface area contributed by atoms with E-state index >= 15 is 0 Å². The first-order valence-electron chi connectivity index (χ1n) is 7.91. The van der Waals surface area contributed by atoms with Gasteiger partial charge in [-0.15, -0.1) is 0 Å². The van der Waals surface area contributed by atoms with Crippen LogP contribution in [0.3, 0.4) is 0 Å². The Hall–Kier alpha value is -3.61. The minimum Gasteiger partial charge on any atom is -0.324 e. The number of pyridine rings is 1. The highest BCUT2D eigenvalue weighted by Gasteiger charge is 2.19. The second kappa shape index (κ2) is 5.48. The van der Waals surface area contributed by atoms with E-state index in [2.05, 4.69) is 36.4 Å². The lowest BCUT2D eigenvalue weighted by Gasteiger charge is -2.08. The zero-order valence-corrected chi connectivity index (χ0v) is 13.2. The number of hydrogen-bond acceptors (Lipinski definition) is 6. The molecular formula is C18H13N7. The van der Waals surface area contributed by atoms with E-state index in [1.165, 1.54) is 0 Å². The Morgan fingerprint density at radius 2 is 1.92 bits per heavy atom. The van der Waals surface area contributed by atoms with Crippen LogP contribution in [0.25, 0.3) is 11.2 Å². The Morgan fingerprint density at radius 3 is 2.84 bits per heavy atom. The number of allylic oxidation sites excluding steroid dienone is 1. The standard InChI is InChI=1S/C18H13N7/c1-2-15-14(11-20-18(24-15)22-12-3-7-19-8-4-12)13(1)16-6-10-25-17(23-16)5-9-21-25/h1,3-11H,2H2,(H,19,20,22,24). The van der Waals surface area contributed by atoms with Crippen LogP contribution >= 0.6 is 0 Å². The maximum Gasteiger partial charge on any atom is 0.227 e. The summed E-state index contributed by atoms with van der Waals surface area (Å²) < 4.78 is 1.75. The largest absolute Gasteiger partial charge is 0.324 e. The van der Waals surface area contributed by atoms with E-state index in [1.807, 2.05) is 36.7 Å². The van der Waals surface area contributed by atoms with Gasteiger partial charge in [0.15, 0.2) is 5.65 Å². The van der Waals surface area contributed by atoms with Crippen molar-refractivity contribution in [2.75, 3.05) is 5.32 Å². The van der Waals surface area contributed by atoms with Crippen LogP contribution in [-0.2, 0) is 6.42 Å². The van der Waals surface area contributed by atoms with Crippen molar-refractivity contribution in [3.63, 3.8) is 0 Å². The highest BCUT2D eigenvalue weighted by atomic mass is 15.2. The fraction of sp³-hybridized carbons (Fsp3) is 0.0556. The highest BCUT2D eigenvalue weighted by molar-refractivity contribution is 5.82. The van der Waals surface area contributed by atoms with Gasteiger partial charge >= 0.3 is 0 Å². The minimum absolute atomic E-state index is 0.582. The molecule has 1 aliphatic carbocycles. The number of aromatic nitrogens is 6. The summed E-state index contributed by atoms with van der Waals surface area (Å²) in [5.41, 5.74) is 5.73. The summed E-state index contributed by atoms with van der Waals surface area (Å²) in [6, 6.07) is 7.61. The van der Waals surface area contributed by atoms with Gasteiger partial charge in [-0.25, -0.2) is 19.5 Å². The Kier molecular flexibility index (Phi) is 3.03. The molecule has 0 saturated carbocycles. The van der Waals surface area contributed by atoms with Gasteiger partial charge < -0.3 is 5.32 Å². The van der Waals surface area contributed by atoms with Crippen molar-refractivity contribution in [1.29, 1.82) is 0 Å². The van der Waals surface area contributed by atoms with Crippen molar-refractivity contribution in [3.05, 3.63) is 78.3 Å². The molecule has 0 unspecified atom stereocenters. The Balaban J connectivity index is 1.47. The van der Waals surface area contributed by atoms with E-state index in [4.69, 9.17) is 0 Å². The second-order valence-corrected chi connectivity index (χ2v) is 5.68. The number of nitrogens with zero attached hydrogens (tertiary/aromatic N) is 6. The number of nitrogens with one attached hydrogen (secondary N) is 1. The van der Waals surface area contributed by atoms with Crippen molar-refractivity contribution < 1.29 is 0 Å². The molecule has 1 aliphatic rings. The van der Waals surface area contributed by atoms with Crippen LogP contribution in [0.4, 0.5) is 11.6 Å². The average molecular weight is 327 g/mol. The van der Waals surface area contributed by atoms with E-state index in [1.54, 1.807) is 23.1 Å². The molecule has 0 amide bonds. The topological polar surface area (TPSA) is 80.9 Å². The van der Waals surface area contributed by atoms with Gasteiger partial charge in [-0.05, 0) is 18.2 Å². The van der Waals surface area contributed by atoms with Gasteiger partial charge in [0.05, 0.1) is 17.6 Å². The first kappa shape index (κ1) is 13.8. The van der Waals surface area contributed by atoms with Crippen LogP contribution in [0.15, 0.2) is 61.3 Å². The predicted octanol–water partition coefficient (Wildman–Crippen LogP) is 2.65. The molecule has 4 aromatic heterocycles. The van der Waals surface area contributed by atoms with Crippen molar-refractivity contribution in [2.45, 2.75) is 6.42 Å². The molecule has 7 nitrogen and oxygen atoms in total. The van der Waals surface area contributed by atoms with Crippen molar-refractivity contribution in [2.24, 2.45) is 0 Å². The molecule has 120 valence electrons. The molecular weight excluding hydrogens is 314 g/mol. The number of anilines is 2. The summed E-state index contributed by atoms with van der Waals surface area (Å²) in [5.74, 6) is 0.582. The van der Waals surface area contributed by atoms with Crippen molar-refractivity contribution in [1.82, 2.24) is 29.5 Å². The average Bonchev–Trinajstić information content (AvgIpc) is 3.28. The molecule has 0 spiro atoms. The smallest absolute Gasteiger partial charge is 0.227 e. The molecule has 0 fully saturated rings. The molecule has 0 saturated heterocycles. The normalized spacial score (nSPS) is 12.9. The summed E-state index contributed by atoms with van der Waals surface area (Å²) in [5, 5.41) is 7.38. The Labute approximate surface area is 143 Å². The zero-order valence-electron chi connectivity index (χ0n) is 13.2. The molecule has 7 heteroatoms. The van der Waals surface area contributed by atoms with Crippen LogP contribution in [0.2, 0.25) is 0 Å². The van der Waals surface area contributed by atoms with Crippen molar-refractivity contribution >= 4 is 22.9 Å². The maximum atomic E-state index is 4.66. The summed E-state index contributed by atoms with van der Waals surface area (Å²) in [6.45, 7) is 0. The van der Waals surface area contributed by atoms with Crippen LogP contribution in [0.5, 0.6) is 0 Å². The molecule has 1 N–H and O–H groups in total. The van der Waals surface area contributed by atoms with Gasteiger partial charge in [-0.3, -0.25) is 4.98 Å². The minimum atomic E-state index is 0.582. The third-order valence-corrected chi connectivity index (χ3v) is 4.13. The van der Waals surface area contributed by atoms with Gasteiger partial charge in [0.1, 0.15) is 0 Å². The van der Waals surface area contributed by atoms with E-state index < -0.39 is 0 Å². The summed E-state index contributed by atoms with van der Waals surface area (Å²) in [7, 11) is 0. The number of fused-ring (bicyclic) bond motifs is 2. The van der Waals surface area contributed by atoms with E-state index in [0.717, 1.165) is 40.3 Å². The lowest BCUT2D eigenvalue weighted by Crippen LogP contribution is -2.01. The Morgan fingerprint density at radius 1 is 1.00 bits per heavy atom. The van der Waals surface area contributed by atoms with Crippen LogP contribution in [0.1, 0.15) is 17.0 Å². The molecule has 4 aromatic rings. The van der Waals surface area contributed by atoms with Crippen LogP contribution in [0, 0.1) is 0 Å². The number of rotatable bonds is 3. The van der Waals surface area contributed by atoms with Gasteiger partial charge in [-0.2, -0.15) is 5.10 Å². The maximum absolute atomic E-state index is 4.66. The molecule has 4 heterocycles. The predicted molar refractivity (Wildman–Crippen MR) is 93.3 cm³/mol. The van der Waals surface area contributed by atoms with Gasteiger partial charge in [0.2, 0.25) is 5.95 Å². The van der Waals surface area contributed by atoms with Crippen molar-refractivity contribution in [3.8, 4) is 0 Å². The fourth-order valence-electron chi connectivity index (χ4n) is 2.94. The monoisotopic (exact) mass is 327 g/mol. The van der Waals surface area contributed by atoms with E-state index in [-0.39, 0.29) is 0 Å². The zero-order chi connectivity index (χ0) is 16.6. The molecule has 0 aliphatic heterocycles. The second-order valence-electron chi connectivity index (χ2n) is 5.68. The molecule has 5 rings (SSSR count). The Bertz CT molecular complexity index is 1100. The molecule has 0 atom stereocenters. The summed E-state index contributed by atoms with van der Waals surface area (Å²) in [4.78, 5) is 17.7. The van der Waals surface area contributed by atoms with Gasteiger partial charge in [-0.1, -0.05) is 6.08 Å². The highest BCUT2D eigenvalue weighted by Crippen LogP contribution is 2.31. The quantitative estimate of drug-likeness (QED) is 0.623. The molecule has 0 radical (unpaired) electrons. The van der Waals surface area contributed by atoms with Gasteiger partial charge in [0, 0.05) is 54.1 Å². The lowest BCUT2D eigenvalue weighted by molar-refractivity contribution is 0.936.